The molecule has 0 atom stereocenters. The summed E-state index contributed by atoms with van der Waals surface area (Å²) in [6.07, 6.45) is 9.07. The van der Waals surface area contributed by atoms with E-state index in [-0.39, 0.29) is 5.97 Å². The number of esters is 1. The van der Waals surface area contributed by atoms with Crippen molar-refractivity contribution in [3.63, 3.8) is 0 Å². The molecule has 5 heteroatoms. The number of ether oxygens (including phenoxy) is 2. The van der Waals surface area contributed by atoms with Crippen LogP contribution in [0.2, 0.25) is 0 Å². The van der Waals surface area contributed by atoms with Crippen molar-refractivity contribution in [2.24, 2.45) is 5.92 Å². The van der Waals surface area contributed by atoms with Gasteiger partial charge in [-0.3, -0.25) is 4.98 Å². The molecule has 1 fully saturated rings. The van der Waals surface area contributed by atoms with Crippen molar-refractivity contribution < 1.29 is 18.7 Å². The van der Waals surface area contributed by atoms with Gasteiger partial charge >= 0.3 is 5.97 Å². The standard InChI is InChI=1S/C20H19NO4/c1-2-23-18(22)8-6-14-5-7-16(24-12-13-3-4-13)20-19(14)15-9-10-21-11-17(15)25-20/h5-11,13H,2-4,12H2,1H3. The molecule has 0 aliphatic heterocycles. The van der Waals surface area contributed by atoms with Crippen LogP contribution in [0.3, 0.4) is 0 Å². The second-order valence-electron chi connectivity index (χ2n) is 6.17. The summed E-state index contributed by atoms with van der Waals surface area (Å²) in [5, 5.41) is 1.87. The predicted octanol–water partition coefficient (Wildman–Crippen LogP) is 4.35. The second-order valence-corrected chi connectivity index (χ2v) is 6.17. The number of hydrogen-bond donors (Lipinski definition) is 0. The highest BCUT2D eigenvalue weighted by atomic mass is 16.5. The lowest BCUT2D eigenvalue weighted by Gasteiger charge is -2.07. The minimum Gasteiger partial charge on any atom is -0.489 e. The molecule has 5 nitrogen and oxygen atoms in total. The lowest BCUT2D eigenvalue weighted by Crippen LogP contribution is -1.99. The summed E-state index contributed by atoms with van der Waals surface area (Å²) in [6, 6.07) is 5.74. The molecular weight excluding hydrogens is 318 g/mol. The van der Waals surface area contributed by atoms with E-state index in [2.05, 4.69) is 4.98 Å². The summed E-state index contributed by atoms with van der Waals surface area (Å²) in [7, 11) is 0. The fraction of sp³-hybridized carbons (Fsp3) is 0.300. The maximum atomic E-state index is 11.6. The lowest BCUT2D eigenvalue weighted by molar-refractivity contribution is -0.137. The highest BCUT2D eigenvalue weighted by molar-refractivity contribution is 6.11. The van der Waals surface area contributed by atoms with E-state index in [9.17, 15) is 4.79 Å². The van der Waals surface area contributed by atoms with E-state index in [0.717, 1.165) is 22.1 Å². The molecule has 1 aromatic carbocycles. The lowest BCUT2D eigenvalue weighted by atomic mass is 10.1. The number of carbonyl (C=O) groups excluding carboxylic acids is 1. The SMILES string of the molecule is CCOC(=O)C=Cc1ccc(OCC2CC2)c2oc3cnccc3c12. The molecule has 1 saturated carbocycles. The van der Waals surface area contributed by atoms with Crippen molar-refractivity contribution >= 4 is 34.0 Å². The number of hydrogen-bond acceptors (Lipinski definition) is 5. The summed E-state index contributed by atoms with van der Waals surface area (Å²) in [5.74, 6) is 1.02. The molecule has 0 spiro atoms. The topological polar surface area (TPSA) is 61.6 Å². The molecule has 4 rings (SSSR count). The van der Waals surface area contributed by atoms with Crippen LogP contribution < -0.4 is 4.74 Å². The van der Waals surface area contributed by atoms with Crippen molar-refractivity contribution in [2.45, 2.75) is 19.8 Å². The molecule has 2 aromatic heterocycles. The zero-order valence-electron chi connectivity index (χ0n) is 14.0. The molecule has 0 radical (unpaired) electrons. The summed E-state index contributed by atoms with van der Waals surface area (Å²) < 4.78 is 16.9. The van der Waals surface area contributed by atoms with Gasteiger partial charge in [-0.1, -0.05) is 6.07 Å². The number of pyridine rings is 1. The minimum absolute atomic E-state index is 0.354. The normalized spacial score (nSPS) is 14.4. The van der Waals surface area contributed by atoms with Gasteiger partial charge in [-0.05, 0) is 49.5 Å². The Hall–Kier alpha value is -2.82. The maximum Gasteiger partial charge on any atom is 0.330 e. The maximum absolute atomic E-state index is 11.6. The van der Waals surface area contributed by atoms with Crippen LogP contribution in [0.1, 0.15) is 25.3 Å². The van der Waals surface area contributed by atoms with Crippen LogP contribution in [0.15, 0.2) is 41.1 Å². The molecule has 25 heavy (non-hydrogen) atoms. The van der Waals surface area contributed by atoms with E-state index in [1.54, 1.807) is 25.4 Å². The highest BCUT2D eigenvalue weighted by Crippen LogP contribution is 2.38. The Balaban J connectivity index is 1.79. The van der Waals surface area contributed by atoms with Crippen molar-refractivity contribution in [1.29, 1.82) is 0 Å². The van der Waals surface area contributed by atoms with Crippen LogP contribution >= 0.6 is 0 Å². The first kappa shape index (κ1) is 15.7. The van der Waals surface area contributed by atoms with Gasteiger partial charge in [0.05, 0.1) is 19.4 Å². The van der Waals surface area contributed by atoms with Gasteiger partial charge in [-0.25, -0.2) is 4.79 Å². The first-order chi connectivity index (χ1) is 12.3. The number of fused-ring (bicyclic) bond motifs is 3. The van der Waals surface area contributed by atoms with E-state index in [1.807, 2.05) is 18.2 Å². The first-order valence-corrected chi connectivity index (χ1v) is 8.53. The van der Waals surface area contributed by atoms with Crippen molar-refractivity contribution in [3.8, 4) is 5.75 Å². The first-order valence-electron chi connectivity index (χ1n) is 8.53. The molecule has 3 aromatic rings. The van der Waals surface area contributed by atoms with Gasteiger partial charge in [0.1, 0.15) is 0 Å². The minimum atomic E-state index is -0.362. The van der Waals surface area contributed by atoms with Crippen LogP contribution in [0, 0.1) is 5.92 Å². The molecular formula is C20H19NO4. The van der Waals surface area contributed by atoms with Gasteiger partial charge in [-0.2, -0.15) is 0 Å². The van der Waals surface area contributed by atoms with Gasteiger partial charge in [-0.15, -0.1) is 0 Å². The van der Waals surface area contributed by atoms with Crippen LogP contribution in [-0.4, -0.2) is 24.2 Å². The molecule has 1 aliphatic rings. The molecule has 2 heterocycles. The molecule has 0 N–H and O–H groups in total. The zero-order valence-corrected chi connectivity index (χ0v) is 14.0. The number of rotatable bonds is 6. The smallest absolute Gasteiger partial charge is 0.330 e. The molecule has 0 saturated heterocycles. The third kappa shape index (κ3) is 3.22. The fourth-order valence-electron chi connectivity index (χ4n) is 2.83. The summed E-state index contributed by atoms with van der Waals surface area (Å²) in [6.45, 7) is 2.85. The number of carbonyl (C=O) groups is 1. The monoisotopic (exact) mass is 337 g/mol. The Bertz CT molecular complexity index is 953. The Labute approximate surface area is 145 Å². The molecule has 128 valence electrons. The van der Waals surface area contributed by atoms with Crippen molar-refractivity contribution in [1.82, 2.24) is 4.98 Å². The van der Waals surface area contributed by atoms with Crippen LogP contribution in [-0.2, 0) is 9.53 Å². The number of aromatic nitrogens is 1. The zero-order chi connectivity index (χ0) is 17.2. The van der Waals surface area contributed by atoms with Gasteiger partial charge in [0.15, 0.2) is 16.9 Å². The summed E-state index contributed by atoms with van der Waals surface area (Å²) in [4.78, 5) is 15.8. The van der Waals surface area contributed by atoms with Gasteiger partial charge in [0.2, 0.25) is 0 Å². The van der Waals surface area contributed by atoms with Crippen LogP contribution in [0.4, 0.5) is 0 Å². The van der Waals surface area contributed by atoms with E-state index in [4.69, 9.17) is 13.9 Å². The third-order valence-corrected chi connectivity index (χ3v) is 4.28. The average Bonchev–Trinajstić information content (AvgIpc) is 3.37. The largest absolute Gasteiger partial charge is 0.489 e. The quantitative estimate of drug-likeness (QED) is 0.494. The Morgan fingerprint density at radius 3 is 3.04 bits per heavy atom. The van der Waals surface area contributed by atoms with Crippen molar-refractivity contribution in [3.05, 3.63) is 42.2 Å². The molecule has 0 amide bonds. The van der Waals surface area contributed by atoms with E-state index < -0.39 is 0 Å². The average molecular weight is 337 g/mol. The number of benzene rings is 1. The highest BCUT2D eigenvalue weighted by Gasteiger charge is 2.23. The summed E-state index contributed by atoms with van der Waals surface area (Å²) >= 11 is 0. The van der Waals surface area contributed by atoms with Gasteiger partial charge < -0.3 is 13.9 Å². The second kappa shape index (κ2) is 6.59. The fourth-order valence-corrected chi connectivity index (χ4v) is 2.83. The van der Waals surface area contributed by atoms with E-state index in [1.165, 1.54) is 18.9 Å². The number of furan rings is 1. The van der Waals surface area contributed by atoms with Crippen molar-refractivity contribution in [2.75, 3.05) is 13.2 Å². The Morgan fingerprint density at radius 2 is 2.24 bits per heavy atom. The predicted molar refractivity (Wildman–Crippen MR) is 95.4 cm³/mol. The number of nitrogens with zero attached hydrogens (tertiary/aromatic N) is 1. The third-order valence-electron chi connectivity index (χ3n) is 4.28. The van der Waals surface area contributed by atoms with E-state index >= 15 is 0 Å². The van der Waals surface area contributed by atoms with Crippen LogP contribution in [0.25, 0.3) is 28.0 Å². The molecule has 0 bridgehead atoms. The molecule has 1 aliphatic carbocycles. The molecule has 0 unspecified atom stereocenters. The van der Waals surface area contributed by atoms with Gasteiger partial charge in [0.25, 0.3) is 0 Å². The van der Waals surface area contributed by atoms with Crippen LogP contribution in [0.5, 0.6) is 5.75 Å². The van der Waals surface area contributed by atoms with E-state index in [0.29, 0.717) is 30.3 Å². The summed E-state index contributed by atoms with van der Waals surface area (Å²) in [5.41, 5.74) is 2.27. The Morgan fingerprint density at radius 1 is 1.36 bits per heavy atom. The van der Waals surface area contributed by atoms with Gasteiger partial charge in [0, 0.05) is 23.0 Å². The Kier molecular flexibility index (Phi) is 4.14.